The van der Waals surface area contributed by atoms with Crippen LogP contribution in [0.1, 0.15) is 16.8 Å². The molecule has 1 rings (SSSR count). The quantitative estimate of drug-likeness (QED) is 0.542. The highest BCUT2D eigenvalue weighted by atomic mass is 16.4. The molecule has 0 unspecified atom stereocenters. The lowest BCUT2D eigenvalue weighted by atomic mass is 10.2. The summed E-state index contributed by atoms with van der Waals surface area (Å²) in [4.78, 5) is 10.3. The van der Waals surface area contributed by atoms with Gasteiger partial charge in [-0.05, 0) is 24.6 Å². The van der Waals surface area contributed by atoms with Gasteiger partial charge in [0.2, 0.25) is 0 Å². The molecule has 0 bridgehead atoms. The van der Waals surface area contributed by atoms with Gasteiger partial charge < -0.3 is 21.1 Å². The largest absolute Gasteiger partial charge is 0.478 e. The van der Waals surface area contributed by atoms with Gasteiger partial charge in [0.25, 0.3) is 0 Å². The summed E-state index contributed by atoms with van der Waals surface area (Å²) in [7, 11) is 0. The standard InChI is InChI=1S/C7H7NO2.C3H8O2/c8-6-3-1-2-5(4-6)7(9)10;4-2-1-3-5/h1-4H,8H2,(H,9,10);4-5H,1-3H2. The van der Waals surface area contributed by atoms with Crippen LogP contribution >= 0.6 is 0 Å². The van der Waals surface area contributed by atoms with Crippen molar-refractivity contribution in [3.8, 4) is 0 Å². The van der Waals surface area contributed by atoms with E-state index < -0.39 is 5.97 Å². The number of carbonyl (C=O) groups is 1. The Kier molecular flexibility index (Phi) is 6.96. The van der Waals surface area contributed by atoms with Crippen molar-refractivity contribution in [3.63, 3.8) is 0 Å². The second-order valence-electron chi connectivity index (χ2n) is 2.73. The molecule has 0 saturated carbocycles. The summed E-state index contributed by atoms with van der Waals surface area (Å²) in [6.07, 6.45) is 0.500. The molecule has 0 atom stereocenters. The predicted octanol–water partition coefficient (Wildman–Crippen LogP) is 0.328. The number of hydrogen-bond acceptors (Lipinski definition) is 4. The zero-order valence-corrected chi connectivity index (χ0v) is 8.26. The van der Waals surface area contributed by atoms with E-state index in [1.54, 1.807) is 12.1 Å². The van der Waals surface area contributed by atoms with E-state index in [2.05, 4.69) is 0 Å². The fourth-order valence-corrected chi connectivity index (χ4v) is 0.742. The summed E-state index contributed by atoms with van der Waals surface area (Å²) in [5, 5.41) is 24.3. The molecule has 5 N–H and O–H groups in total. The summed E-state index contributed by atoms with van der Waals surface area (Å²) in [5.74, 6) is -0.952. The molecule has 15 heavy (non-hydrogen) atoms. The van der Waals surface area contributed by atoms with E-state index in [0.29, 0.717) is 12.1 Å². The summed E-state index contributed by atoms with van der Waals surface area (Å²) < 4.78 is 0. The molecule has 0 heterocycles. The highest BCUT2D eigenvalue weighted by Gasteiger charge is 1.99. The van der Waals surface area contributed by atoms with Crippen molar-refractivity contribution < 1.29 is 20.1 Å². The molecular weight excluding hydrogens is 198 g/mol. The first-order valence-corrected chi connectivity index (χ1v) is 4.42. The van der Waals surface area contributed by atoms with Crippen LogP contribution in [0.5, 0.6) is 0 Å². The van der Waals surface area contributed by atoms with E-state index in [9.17, 15) is 4.79 Å². The van der Waals surface area contributed by atoms with E-state index in [-0.39, 0.29) is 18.8 Å². The van der Waals surface area contributed by atoms with Crippen molar-refractivity contribution >= 4 is 11.7 Å². The number of aromatic carboxylic acids is 1. The third kappa shape index (κ3) is 6.48. The Morgan fingerprint density at radius 2 is 1.87 bits per heavy atom. The molecule has 5 nitrogen and oxygen atoms in total. The molecule has 0 aliphatic heterocycles. The molecule has 0 spiro atoms. The molecule has 0 saturated heterocycles. The Hall–Kier alpha value is -1.59. The maximum atomic E-state index is 10.3. The van der Waals surface area contributed by atoms with Gasteiger partial charge in [-0.3, -0.25) is 0 Å². The Morgan fingerprint density at radius 1 is 1.27 bits per heavy atom. The Bertz CT molecular complexity index is 299. The van der Waals surface area contributed by atoms with Crippen LogP contribution in [0.25, 0.3) is 0 Å². The fraction of sp³-hybridized carbons (Fsp3) is 0.300. The topological polar surface area (TPSA) is 104 Å². The number of anilines is 1. The Labute approximate surface area is 87.8 Å². The summed E-state index contributed by atoms with van der Waals surface area (Å²) in [5.41, 5.74) is 6.03. The maximum absolute atomic E-state index is 10.3. The number of carboxylic acids is 1. The van der Waals surface area contributed by atoms with Crippen molar-refractivity contribution in [1.82, 2.24) is 0 Å². The van der Waals surface area contributed by atoms with E-state index in [1.807, 2.05) is 0 Å². The highest BCUT2D eigenvalue weighted by Crippen LogP contribution is 2.05. The molecule has 5 heteroatoms. The van der Waals surface area contributed by atoms with Crippen molar-refractivity contribution in [3.05, 3.63) is 29.8 Å². The van der Waals surface area contributed by atoms with E-state index in [1.165, 1.54) is 12.1 Å². The number of benzene rings is 1. The van der Waals surface area contributed by atoms with Crippen LogP contribution in [0.4, 0.5) is 5.69 Å². The van der Waals surface area contributed by atoms with Gasteiger partial charge in [-0.2, -0.15) is 0 Å². The SMILES string of the molecule is Nc1cccc(C(=O)O)c1.OCCCO. The number of nitrogens with two attached hydrogens (primary N) is 1. The molecule has 0 aliphatic rings. The number of aliphatic hydroxyl groups is 2. The van der Waals surface area contributed by atoms with Crippen molar-refractivity contribution in [2.24, 2.45) is 0 Å². The molecule has 0 fully saturated rings. The summed E-state index contributed by atoms with van der Waals surface area (Å²) in [6, 6.07) is 6.17. The summed E-state index contributed by atoms with van der Waals surface area (Å²) in [6.45, 7) is 0.188. The average Bonchev–Trinajstić information content (AvgIpc) is 2.20. The monoisotopic (exact) mass is 213 g/mol. The third-order valence-electron chi connectivity index (χ3n) is 1.45. The molecular formula is C10H15NO4. The predicted molar refractivity (Wildman–Crippen MR) is 56.6 cm³/mol. The van der Waals surface area contributed by atoms with E-state index in [0.717, 1.165) is 0 Å². The van der Waals surface area contributed by atoms with Crippen LogP contribution in [-0.2, 0) is 0 Å². The Balaban J connectivity index is 0.000000336. The molecule has 1 aromatic rings. The van der Waals surface area contributed by atoms with Crippen LogP contribution in [0.15, 0.2) is 24.3 Å². The molecule has 1 aromatic carbocycles. The zero-order valence-electron chi connectivity index (χ0n) is 8.26. The van der Waals surface area contributed by atoms with Crippen molar-refractivity contribution in [2.45, 2.75) is 6.42 Å². The second kappa shape index (κ2) is 7.78. The minimum Gasteiger partial charge on any atom is -0.478 e. The van der Waals surface area contributed by atoms with Gasteiger partial charge in [0, 0.05) is 18.9 Å². The molecule has 0 aromatic heterocycles. The minimum atomic E-state index is -0.952. The van der Waals surface area contributed by atoms with E-state index >= 15 is 0 Å². The molecule has 0 aliphatic carbocycles. The number of aliphatic hydroxyl groups excluding tert-OH is 2. The first-order valence-electron chi connectivity index (χ1n) is 4.42. The van der Waals surface area contributed by atoms with Gasteiger partial charge in [-0.1, -0.05) is 6.07 Å². The lowest BCUT2D eigenvalue weighted by molar-refractivity contribution is 0.0697. The smallest absolute Gasteiger partial charge is 0.335 e. The molecule has 0 amide bonds. The zero-order chi connectivity index (χ0) is 11.7. The van der Waals surface area contributed by atoms with Crippen LogP contribution < -0.4 is 5.73 Å². The van der Waals surface area contributed by atoms with Crippen LogP contribution in [0.2, 0.25) is 0 Å². The van der Waals surface area contributed by atoms with Gasteiger partial charge in [-0.25, -0.2) is 4.79 Å². The lowest BCUT2D eigenvalue weighted by Crippen LogP contribution is -1.96. The average molecular weight is 213 g/mol. The molecule has 0 radical (unpaired) electrons. The van der Waals surface area contributed by atoms with Gasteiger partial charge in [0.05, 0.1) is 5.56 Å². The fourth-order valence-electron chi connectivity index (χ4n) is 0.742. The number of hydrogen-bond donors (Lipinski definition) is 4. The van der Waals surface area contributed by atoms with Gasteiger partial charge >= 0.3 is 5.97 Å². The first kappa shape index (κ1) is 13.4. The lowest BCUT2D eigenvalue weighted by Gasteiger charge is -1.93. The number of nitrogen functional groups attached to an aromatic ring is 1. The second-order valence-corrected chi connectivity index (χ2v) is 2.73. The normalized spacial score (nSPS) is 8.93. The van der Waals surface area contributed by atoms with Crippen LogP contribution in [-0.4, -0.2) is 34.5 Å². The third-order valence-corrected chi connectivity index (χ3v) is 1.45. The minimum absolute atomic E-state index is 0.0938. The highest BCUT2D eigenvalue weighted by molar-refractivity contribution is 5.88. The van der Waals surface area contributed by atoms with Crippen LogP contribution in [0.3, 0.4) is 0 Å². The summed E-state index contributed by atoms with van der Waals surface area (Å²) >= 11 is 0. The van der Waals surface area contributed by atoms with Gasteiger partial charge in [0.1, 0.15) is 0 Å². The van der Waals surface area contributed by atoms with E-state index in [4.69, 9.17) is 21.1 Å². The van der Waals surface area contributed by atoms with Crippen molar-refractivity contribution in [1.29, 1.82) is 0 Å². The first-order chi connectivity index (χ1) is 7.11. The van der Waals surface area contributed by atoms with Crippen LogP contribution in [0, 0.1) is 0 Å². The Morgan fingerprint density at radius 3 is 2.13 bits per heavy atom. The number of carboxylic acid groups (broad SMARTS) is 1. The van der Waals surface area contributed by atoms with Gasteiger partial charge in [-0.15, -0.1) is 0 Å². The van der Waals surface area contributed by atoms with Gasteiger partial charge in [0.15, 0.2) is 0 Å². The molecule has 84 valence electrons. The maximum Gasteiger partial charge on any atom is 0.335 e. The van der Waals surface area contributed by atoms with Crippen molar-refractivity contribution in [2.75, 3.05) is 18.9 Å². The number of rotatable bonds is 3.